The van der Waals surface area contributed by atoms with Gasteiger partial charge in [-0.25, -0.2) is 0 Å². The molecule has 0 heterocycles. The van der Waals surface area contributed by atoms with Crippen molar-refractivity contribution in [3.63, 3.8) is 0 Å². The van der Waals surface area contributed by atoms with Gasteiger partial charge in [-0.3, -0.25) is 0 Å². The average Bonchev–Trinajstić information content (AvgIpc) is 2.32. The molecule has 3 atom stereocenters. The molecule has 1 aliphatic rings. The van der Waals surface area contributed by atoms with Crippen molar-refractivity contribution in [3.05, 3.63) is 29.8 Å². The first-order chi connectivity index (χ1) is 8.58. The first kappa shape index (κ1) is 13.4. The van der Waals surface area contributed by atoms with E-state index in [-0.39, 0.29) is 12.1 Å². The van der Waals surface area contributed by atoms with Crippen LogP contribution >= 0.6 is 0 Å². The van der Waals surface area contributed by atoms with E-state index in [1.54, 1.807) is 0 Å². The largest absolute Gasteiger partial charge is 0.491 e. The summed E-state index contributed by atoms with van der Waals surface area (Å²) in [5.74, 6) is 2.23. The van der Waals surface area contributed by atoms with Crippen molar-refractivity contribution in [2.45, 2.75) is 58.1 Å². The lowest BCUT2D eigenvalue weighted by Crippen LogP contribution is -2.34. The molecule has 0 aromatic heterocycles. The van der Waals surface area contributed by atoms with Crippen LogP contribution in [0, 0.1) is 5.92 Å². The monoisotopic (exact) mass is 247 g/mol. The van der Waals surface area contributed by atoms with Crippen molar-refractivity contribution < 1.29 is 4.74 Å². The van der Waals surface area contributed by atoms with Gasteiger partial charge in [0.05, 0.1) is 6.10 Å². The summed E-state index contributed by atoms with van der Waals surface area (Å²) in [6.45, 7) is 6.46. The maximum atomic E-state index is 6.32. The Morgan fingerprint density at radius 2 is 1.94 bits per heavy atom. The van der Waals surface area contributed by atoms with Crippen LogP contribution in [0.4, 0.5) is 0 Å². The van der Waals surface area contributed by atoms with E-state index in [1.807, 2.05) is 6.07 Å². The van der Waals surface area contributed by atoms with Gasteiger partial charge in [0.25, 0.3) is 0 Å². The van der Waals surface area contributed by atoms with Crippen LogP contribution in [0.5, 0.6) is 5.75 Å². The summed E-state index contributed by atoms with van der Waals surface area (Å²) in [7, 11) is 0. The molecular weight excluding hydrogens is 222 g/mol. The third kappa shape index (κ3) is 3.05. The van der Waals surface area contributed by atoms with Gasteiger partial charge in [-0.05, 0) is 50.7 Å². The zero-order chi connectivity index (χ0) is 13.1. The van der Waals surface area contributed by atoms with Crippen LogP contribution in [0.3, 0.4) is 0 Å². The third-order valence-corrected chi connectivity index (χ3v) is 3.85. The van der Waals surface area contributed by atoms with Crippen LogP contribution in [-0.2, 0) is 0 Å². The Bertz CT molecular complexity index is 388. The molecule has 18 heavy (non-hydrogen) atoms. The first-order valence-electron chi connectivity index (χ1n) is 7.09. The molecule has 2 heteroatoms. The van der Waals surface area contributed by atoms with Crippen LogP contribution < -0.4 is 10.5 Å². The summed E-state index contributed by atoms with van der Waals surface area (Å²) in [6.07, 6.45) is 3.77. The topological polar surface area (TPSA) is 35.2 Å². The molecule has 0 aliphatic heterocycles. The quantitative estimate of drug-likeness (QED) is 0.883. The Kier molecular flexibility index (Phi) is 4.28. The van der Waals surface area contributed by atoms with Gasteiger partial charge in [-0.1, -0.05) is 25.1 Å². The number of rotatable bonds is 3. The highest BCUT2D eigenvalue weighted by molar-refractivity contribution is 5.37. The summed E-state index contributed by atoms with van der Waals surface area (Å²) < 4.78 is 5.93. The standard InChI is InChI=1S/C16H25NO/c1-11(2)18-16-7-5-4-6-13(16)14-10-12(3)8-9-15(14)17/h4-7,11-12,14-15H,8-10,17H2,1-3H3. The van der Waals surface area contributed by atoms with Crippen molar-refractivity contribution in [1.29, 1.82) is 0 Å². The lowest BCUT2D eigenvalue weighted by atomic mass is 9.75. The van der Waals surface area contributed by atoms with E-state index in [9.17, 15) is 0 Å². The Morgan fingerprint density at radius 1 is 1.22 bits per heavy atom. The molecule has 0 saturated heterocycles. The van der Waals surface area contributed by atoms with E-state index in [4.69, 9.17) is 10.5 Å². The highest BCUT2D eigenvalue weighted by Gasteiger charge is 2.29. The van der Waals surface area contributed by atoms with Crippen molar-refractivity contribution in [2.75, 3.05) is 0 Å². The van der Waals surface area contributed by atoms with Crippen LogP contribution in [0.1, 0.15) is 51.5 Å². The molecule has 2 nitrogen and oxygen atoms in total. The van der Waals surface area contributed by atoms with Crippen LogP contribution in [-0.4, -0.2) is 12.1 Å². The molecule has 1 aliphatic carbocycles. The highest BCUT2D eigenvalue weighted by atomic mass is 16.5. The van der Waals surface area contributed by atoms with E-state index in [2.05, 4.69) is 39.0 Å². The van der Waals surface area contributed by atoms with Crippen molar-refractivity contribution in [1.82, 2.24) is 0 Å². The average molecular weight is 247 g/mol. The molecule has 2 rings (SSSR count). The number of ether oxygens (including phenoxy) is 1. The molecule has 2 N–H and O–H groups in total. The SMILES string of the molecule is CC1CCC(N)C(c2ccccc2OC(C)C)C1. The maximum absolute atomic E-state index is 6.32. The minimum atomic E-state index is 0.211. The third-order valence-electron chi connectivity index (χ3n) is 3.85. The fraction of sp³-hybridized carbons (Fsp3) is 0.625. The van der Waals surface area contributed by atoms with Gasteiger partial charge in [-0.2, -0.15) is 0 Å². The van der Waals surface area contributed by atoms with Gasteiger partial charge in [-0.15, -0.1) is 0 Å². The van der Waals surface area contributed by atoms with E-state index in [1.165, 1.54) is 18.4 Å². The number of nitrogens with two attached hydrogens (primary N) is 1. The molecule has 100 valence electrons. The van der Waals surface area contributed by atoms with Gasteiger partial charge in [0.15, 0.2) is 0 Å². The second-order valence-corrected chi connectivity index (χ2v) is 5.89. The lowest BCUT2D eigenvalue weighted by molar-refractivity contribution is 0.232. The Labute approximate surface area is 111 Å². The summed E-state index contributed by atoms with van der Waals surface area (Å²) in [6, 6.07) is 8.66. The molecule has 0 spiro atoms. The Morgan fingerprint density at radius 3 is 2.67 bits per heavy atom. The van der Waals surface area contributed by atoms with Crippen LogP contribution in [0.25, 0.3) is 0 Å². The fourth-order valence-corrected chi connectivity index (χ4v) is 2.91. The minimum absolute atomic E-state index is 0.211. The number of hydrogen-bond acceptors (Lipinski definition) is 2. The Balaban J connectivity index is 2.25. The zero-order valence-electron chi connectivity index (χ0n) is 11.7. The molecule has 0 bridgehead atoms. The number of benzene rings is 1. The number of para-hydroxylation sites is 1. The normalized spacial score (nSPS) is 28.4. The molecule has 1 fully saturated rings. The Hall–Kier alpha value is -1.02. The first-order valence-corrected chi connectivity index (χ1v) is 7.09. The van der Waals surface area contributed by atoms with Gasteiger partial charge >= 0.3 is 0 Å². The van der Waals surface area contributed by atoms with Gasteiger partial charge in [0.1, 0.15) is 5.75 Å². The molecule has 3 unspecified atom stereocenters. The smallest absolute Gasteiger partial charge is 0.123 e. The molecule has 1 saturated carbocycles. The number of hydrogen-bond donors (Lipinski definition) is 1. The van der Waals surface area contributed by atoms with E-state index >= 15 is 0 Å². The summed E-state index contributed by atoms with van der Waals surface area (Å²) in [5, 5.41) is 0. The molecular formula is C16H25NO. The molecule has 0 amide bonds. The van der Waals surface area contributed by atoms with E-state index < -0.39 is 0 Å². The second-order valence-electron chi connectivity index (χ2n) is 5.89. The van der Waals surface area contributed by atoms with Crippen LogP contribution in [0.2, 0.25) is 0 Å². The molecule has 1 aromatic rings. The van der Waals surface area contributed by atoms with Crippen molar-refractivity contribution >= 4 is 0 Å². The second kappa shape index (κ2) is 5.75. The van der Waals surface area contributed by atoms with Crippen molar-refractivity contribution in [3.8, 4) is 5.75 Å². The lowest BCUT2D eigenvalue weighted by Gasteiger charge is -2.34. The molecule has 1 aromatic carbocycles. The summed E-state index contributed by atoms with van der Waals surface area (Å²) in [5.41, 5.74) is 7.61. The van der Waals surface area contributed by atoms with Crippen molar-refractivity contribution in [2.24, 2.45) is 11.7 Å². The van der Waals surface area contributed by atoms with Gasteiger partial charge < -0.3 is 10.5 Å². The van der Waals surface area contributed by atoms with Crippen LogP contribution in [0.15, 0.2) is 24.3 Å². The summed E-state index contributed by atoms with van der Waals surface area (Å²) in [4.78, 5) is 0. The molecule has 0 radical (unpaired) electrons. The summed E-state index contributed by atoms with van der Waals surface area (Å²) >= 11 is 0. The van der Waals surface area contributed by atoms with E-state index in [0.717, 1.165) is 18.1 Å². The fourth-order valence-electron chi connectivity index (χ4n) is 2.91. The highest BCUT2D eigenvalue weighted by Crippen LogP contribution is 2.39. The van der Waals surface area contributed by atoms with Gasteiger partial charge in [0.2, 0.25) is 0 Å². The predicted molar refractivity (Wildman–Crippen MR) is 75.9 cm³/mol. The predicted octanol–water partition coefficient (Wildman–Crippen LogP) is 3.70. The maximum Gasteiger partial charge on any atom is 0.123 e. The van der Waals surface area contributed by atoms with E-state index in [0.29, 0.717) is 5.92 Å². The minimum Gasteiger partial charge on any atom is -0.491 e. The van der Waals surface area contributed by atoms with Gasteiger partial charge in [0, 0.05) is 12.0 Å². The zero-order valence-corrected chi connectivity index (χ0v) is 11.7.